The third kappa shape index (κ3) is 4.17. The molecule has 0 aromatic carbocycles. The summed E-state index contributed by atoms with van der Waals surface area (Å²) in [5, 5.41) is 54.2. The van der Waals surface area contributed by atoms with E-state index in [1.807, 2.05) is 0 Å². The van der Waals surface area contributed by atoms with Crippen molar-refractivity contribution in [2.45, 2.75) is 161 Å². The van der Waals surface area contributed by atoms with Crippen LogP contribution in [0, 0.1) is 50.7 Å². The van der Waals surface area contributed by atoms with Crippen molar-refractivity contribution >= 4 is 0 Å². The molecule has 2 aliphatic heterocycles. The normalized spacial score (nSPS) is 57.5. The van der Waals surface area contributed by atoms with E-state index in [1.165, 1.54) is 12.8 Å². The van der Waals surface area contributed by atoms with E-state index < -0.39 is 42.4 Å². The van der Waals surface area contributed by atoms with Gasteiger partial charge >= 0.3 is 0 Å². The van der Waals surface area contributed by atoms with Crippen molar-refractivity contribution in [1.82, 2.24) is 0 Å². The van der Waals surface area contributed by atoms with E-state index in [2.05, 4.69) is 34.6 Å². The van der Waals surface area contributed by atoms with Crippen molar-refractivity contribution in [3.8, 4) is 0 Å². The summed E-state index contributed by atoms with van der Waals surface area (Å²) in [5.74, 6) is 1.47. The van der Waals surface area contributed by atoms with Gasteiger partial charge in [0.25, 0.3) is 0 Å². The van der Waals surface area contributed by atoms with Gasteiger partial charge in [-0.15, -0.1) is 0 Å². The van der Waals surface area contributed by atoms with Gasteiger partial charge in [-0.3, -0.25) is 0 Å². The molecule has 0 aromatic rings. The van der Waals surface area contributed by atoms with Crippen LogP contribution in [0.1, 0.15) is 99.8 Å². The predicted octanol–water partition coefficient (Wildman–Crippen LogP) is 3.41. The van der Waals surface area contributed by atoms with E-state index in [1.54, 1.807) is 21.0 Å². The molecule has 17 atom stereocenters. The first-order chi connectivity index (χ1) is 20.9. The van der Waals surface area contributed by atoms with Gasteiger partial charge in [-0.1, -0.05) is 34.6 Å². The molecule has 2 unspecified atom stereocenters. The van der Waals surface area contributed by atoms with E-state index >= 15 is 0 Å². The van der Waals surface area contributed by atoms with Crippen molar-refractivity contribution in [3.63, 3.8) is 0 Å². The molecule has 2 spiro atoms. The van der Waals surface area contributed by atoms with E-state index in [4.69, 9.17) is 18.9 Å². The van der Waals surface area contributed by atoms with Gasteiger partial charge in [0.05, 0.1) is 36.6 Å². The molecule has 7 aliphatic rings. The first kappa shape index (κ1) is 33.2. The van der Waals surface area contributed by atoms with Crippen molar-refractivity contribution in [2.24, 2.45) is 50.7 Å². The van der Waals surface area contributed by atoms with Crippen LogP contribution in [0.3, 0.4) is 0 Å². The molecule has 9 heteroatoms. The highest BCUT2D eigenvalue weighted by Crippen LogP contribution is 2.89. The molecule has 2 heterocycles. The fourth-order valence-corrected chi connectivity index (χ4v) is 13.7. The Bertz CT molecular complexity index is 1160. The maximum atomic E-state index is 12.5. The Morgan fingerprint density at radius 1 is 0.889 bits per heavy atom. The summed E-state index contributed by atoms with van der Waals surface area (Å²) >= 11 is 0. The Morgan fingerprint density at radius 3 is 2.22 bits per heavy atom. The molecular weight excluding hydrogens is 576 g/mol. The van der Waals surface area contributed by atoms with Crippen LogP contribution >= 0.6 is 0 Å². The minimum absolute atomic E-state index is 0.0407. The van der Waals surface area contributed by atoms with Crippen LogP contribution in [-0.4, -0.2) is 100.0 Å². The van der Waals surface area contributed by atoms with Crippen LogP contribution in [0.15, 0.2) is 0 Å². The van der Waals surface area contributed by atoms with Crippen molar-refractivity contribution in [2.75, 3.05) is 13.7 Å². The Morgan fingerprint density at radius 2 is 1.56 bits per heavy atom. The first-order valence-corrected chi connectivity index (χ1v) is 17.8. The number of methoxy groups -OCH3 is 1. The Hall–Kier alpha value is -0.360. The summed E-state index contributed by atoms with van der Waals surface area (Å²) < 4.78 is 24.8. The van der Waals surface area contributed by atoms with E-state index in [9.17, 15) is 25.5 Å². The summed E-state index contributed by atoms with van der Waals surface area (Å²) in [6.07, 6.45) is 2.05. The lowest BCUT2D eigenvalue weighted by molar-refractivity contribution is -0.303. The molecule has 45 heavy (non-hydrogen) atoms. The highest BCUT2D eigenvalue weighted by molar-refractivity contribution is 5.33. The minimum atomic E-state index is -1.28. The van der Waals surface area contributed by atoms with Gasteiger partial charge in [-0.25, -0.2) is 0 Å². The summed E-state index contributed by atoms with van der Waals surface area (Å²) in [6, 6.07) is 0. The van der Waals surface area contributed by atoms with E-state index in [0.29, 0.717) is 17.8 Å². The zero-order valence-electron chi connectivity index (χ0n) is 28.7. The van der Waals surface area contributed by atoms with Gasteiger partial charge in [0.2, 0.25) is 0 Å². The number of hydrogen-bond donors (Lipinski definition) is 5. The zero-order chi connectivity index (χ0) is 32.7. The SMILES string of the molecule is CO[C@@H]([C@H]1C[C@@H](C)C2C(O1)[C@H](O)[C@@]1(C)[C@@H]3CC[C@H]4C(C)(C)[C@@H](O[C@@H]5OC[C@@H](O)[C@H](O)[C@H]5O)CC[C@@]45C[C@@]35CC[C@]21C)C(C)(C)O. The largest absolute Gasteiger partial charge is 0.390 e. The third-order valence-electron chi connectivity index (χ3n) is 15.8. The topological polar surface area (TPSA) is 138 Å². The number of aliphatic hydroxyl groups is 5. The average Bonchev–Trinajstić information content (AvgIpc) is 3.59. The van der Waals surface area contributed by atoms with Crippen LogP contribution in [0.25, 0.3) is 0 Å². The smallest absolute Gasteiger partial charge is 0.186 e. The monoisotopic (exact) mass is 636 g/mol. The van der Waals surface area contributed by atoms with Gasteiger partial charge < -0.3 is 44.5 Å². The Labute approximate surface area is 269 Å². The van der Waals surface area contributed by atoms with Crippen molar-refractivity contribution in [3.05, 3.63) is 0 Å². The van der Waals surface area contributed by atoms with Gasteiger partial charge in [0.1, 0.15) is 24.4 Å². The summed E-state index contributed by atoms with van der Waals surface area (Å²) in [6.45, 7) is 15.3. The zero-order valence-corrected chi connectivity index (χ0v) is 28.7. The molecule has 2 saturated heterocycles. The molecule has 0 aromatic heterocycles. The quantitative estimate of drug-likeness (QED) is 0.288. The Kier molecular flexibility index (Phi) is 7.61. The highest BCUT2D eigenvalue weighted by Gasteiger charge is 2.84. The lowest BCUT2D eigenvalue weighted by Gasteiger charge is -2.64. The fraction of sp³-hybridized carbons (Fsp3) is 1.00. The molecule has 9 nitrogen and oxygen atoms in total. The predicted molar refractivity (Wildman–Crippen MR) is 166 cm³/mol. The van der Waals surface area contributed by atoms with Crippen molar-refractivity contribution in [1.29, 1.82) is 0 Å². The first-order valence-electron chi connectivity index (χ1n) is 17.8. The molecular formula is C36H60O9. The van der Waals surface area contributed by atoms with E-state index in [-0.39, 0.29) is 57.9 Å². The summed E-state index contributed by atoms with van der Waals surface area (Å²) in [7, 11) is 1.64. The van der Waals surface area contributed by atoms with Crippen LogP contribution in [0.5, 0.6) is 0 Å². The lowest BCUT2D eigenvalue weighted by Crippen LogP contribution is -2.61. The highest BCUT2D eigenvalue weighted by atomic mass is 16.7. The number of hydrogen-bond acceptors (Lipinski definition) is 9. The molecule has 5 N–H and O–H groups in total. The second kappa shape index (κ2) is 10.3. The van der Waals surface area contributed by atoms with Crippen LogP contribution in [0.2, 0.25) is 0 Å². The molecule has 0 amide bonds. The number of fused-ring (bicyclic) bond motifs is 4. The second-order valence-electron chi connectivity index (χ2n) is 18.2. The average molecular weight is 637 g/mol. The molecule has 5 aliphatic carbocycles. The lowest BCUT2D eigenvalue weighted by atomic mass is 9.41. The van der Waals surface area contributed by atoms with Gasteiger partial charge in [-0.05, 0) is 111 Å². The molecule has 5 saturated carbocycles. The maximum Gasteiger partial charge on any atom is 0.186 e. The van der Waals surface area contributed by atoms with E-state index in [0.717, 1.165) is 38.5 Å². The van der Waals surface area contributed by atoms with Crippen LogP contribution < -0.4 is 0 Å². The number of aliphatic hydroxyl groups excluding tert-OH is 4. The van der Waals surface area contributed by atoms with Crippen LogP contribution in [0.4, 0.5) is 0 Å². The third-order valence-corrected chi connectivity index (χ3v) is 15.8. The molecule has 7 fully saturated rings. The molecule has 0 bridgehead atoms. The Balaban J connectivity index is 1.14. The van der Waals surface area contributed by atoms with Gasteiger partial charge in [0.15, 0.2) is 6.29 Å². The second-order valence-corrected chi connectivity index (χ2v) is 18.2. The van der Waals surface area contributed by atoms with Crippen LogP contribution in [-0.2, 0) is 18.9 Å². The fourth-order valence-electron chi connectivity index (χ4n) is 13.7. The number of ether oxygens (including phenoxy) is 4. The molecule has 0 radical (unpaired) electrons. The molecule has 258 valence electrons. The maximum absolute atomic E-state index is 12.5. The van der Waals surface area contributed by atoms with Crippen molar-refractivity contribution < 1.29 is 44.5 Å². The van der Waals surface area contributed by atoms with Gasteiger partial charge in [0, 0.05) is 12.5 Å². The minimum Gasteiger partial charge on any atom is -0.390 e. The van der Waals surface area contributed by atoms with Gasteiger partial charge in [-0.2, -0.15) is 0 Å². The standard InChI is InChI=1S/C36H60O9/c1-18-15-20(29(42-8)32(4,5)41)44-27-24(18)33(6)13-14-36-17-35(36)12-11-23(45-30-26(39)25(38)19(37)16-43-30)31(2,3)21(35)9-10-22(36)34(33,7)28(27)40/h18-30,37-41H,9-17H2,1-8H3/t18-,19-,20-,21+,22+,23+,24?,25+,26-,27?,28+,29+,30+,33-,34-,35-,36+/m1/s1. The summed E-state index contributed by atoms with van der Waals surface area (Å²) in [5.41, 5.74) is -1.10. The number of rotatable bonds is 5. The molecule has 7 rings (SSSR count). The summed E-state index contributed by atoms with van der Waals surface area (Å²) in [4.78, 5) is 0.